The second kappa shape index (κ2) is 8.68. The number of allylic oxidation sites excluding steroid dienone is 1. The average Bonchev–Trinajstić information content (AvgIpc) is 3.06. The molecule has 6 nitrogen and oxygen atoms in total. The van der Waals surface area contributed by atoms with E-state index in [1.165, 1.54) is 22.3 Å². The Hall–Kier alpha value is -2.91. The van der Waals surface area contributed by atoms with Crippen LogP contribution in [0.4, 0.5) is 11.8 Å². The fraction of sp³-hybridized carbons (Fsp3) is 0.480. The van der Waals surface area contributed by atoms with Gasteiger partial charge in [-0.2, -0.15) is 10.2 Å². The van der Waals surface area contributed by atoms with Crippen LogP contribution in [0.5, 0.6) is 0 Å². The van der Waals surface area contributed by atoms with E-state index < -0.39 is 0 Å². The molecule has 0 saturated heterocycles. The first-order chi connectivity index (χ1) is 14.9. The molecule has 0 unspecified atom stereocenters. The van der Waals surface area contributed by atoms with Crippen LogP contribution in [-0.2, 0) is 6.42 Å². The number of anilines is 2. The van der Waals surface area contributed by atoms with Crippen molar-refractivity contribution >= 4 is 17.3 Å². The van der Waals surface area contributed by atoms with Crippen LogP contribution in [0.25, 0.3) is 5.57 Å². The summed E-state index contributed by atoms with van der Waals surface area (Å²) in [4.78, 5) is 8.93. The number of benzene rings is 1. The van der Waals surface area contributed by atoms with Crippen molar-refractivity contribution in [3.8, 4) is 6.07 Å². The third-order valence-corrected chi connectivity index (χ3v) is 6.68. The molecule has 3 N–H and O–H groups in total. The molecule has 162 valence electrons. The predicted molar refractivity (Wildman–Crippen MR) is 124 cm³/mol. The van der Waals surface area contributed by atoms with E-state index in [9.17, 15) is 10.4 Å². The van der Waals surface area contributed by atoms with Crippen LogP contribution in [0.2, 0.25) is 0 Å². The first-order valence-corrected chi connectivity index (χ1v) is 11.1. The molecule has 4 rings (SSSR count). The lowest BCUT2D eigenvalue weighted by Gasteiger charge is -2.40. The van der Waals surface area contributed by atoms with E-state index in [2.05, 4.69) is 71.7 Å². The molecule has 1 aromatic heterocycles. The molecule has 6 heteroatoms. The van der Waals surface area contributed by atoms with Gasteiger partial charge in [0.2, 0.25) is 5.95 Å². The second-order valence-electron chi connectivity index (χ2n) is 9.46. The first kappa shape index (κ1) is 21.3. The lowest BCUT2D eigenvalue weighted by molar-refractivity contribution is 0.00926. The number of aliphatic hydroxyl groups is 1. The minimum absolute atomic E-state index is 0.153. The Kier molecular flexibility index (Phi) is 5.97. The Labute approximate surface area is 184 Å². The summed E-state index contributed by atoms with van der Waals surface area (Å²) in [5.41, 5.74) is 5.87. The smallest absolute Gasteiger partial charge is 0.224 e. The number of hydrogen-bond donors (Lipinski definition) is 3. The molecule has 1 aromatic carbocycles. The lowest BCUT2D eigenvalue weighted by atomic mass is 9.73. The van der Waals surface area contributed by atoms with E-state index >= 15 is 0 Å². The second-order valence-corrected chi connectivity index (χ2v) is 9.46. The SMILES string of the molecule is CC1=C(CCNc2ncc(C#N)c(N[C@@H]3CC[C@H](O)C(C)(C)C3)n2)c2ccccc2C1. The van der Waals surface area contributed by atoms with Crippen molar-refractivity contribution in [2.24, 2.45) is 5.41 Å². The number of nitrogens with one attached hydrogen (secondary N) is 2. The predicted octanol–water partition coefficient (Wildman–Crippen LogP) is 4.53. The summed E-state index contributed by atoms with van der Waals surface area (Å²) < 4.78 is 0. The largest absolute Gasteiger partial charge is 0.393 e. The molecule has 0 radical (unpaired) electrons. The molecule has 2 aromatic rings. The van der Waals surface area contributed by atoms with Gasteiger partial charge in [-0.25, -0.2) is 4.98 Å². The minimum atomic E-state index is -0.290. The standard InChI is InChI=1S/C25H31N5O/c1-16-12-17-6-4-5-7-21(17)20(16)10-11-27-24-28-15-18(14-26)23(30-24)29-19-8-9-22(31)25(2,3)13-19/h4-7,15,19,22,31H,8-13H2,1-3H3,(H2,27,28,29,30)/t19-,22+/m1/s1. The Bertz CT molecular complexity index is 1040. The number of hydrogen-bond acceptors (Lipinski definition) is 6. The Balaban J connectivity index is 1.41. The lowest BCUT2D eigenvalue weighted by Crippen LogP contribution is -2.41. The highest BCUT2D eigenvalue weighted by molar-refractivity contribution is 5.76. The number of fused-ring (bicyclic) bond motifs is 1. The van der Waals surface area contributed by atoms with E-state index in [4.69, 9.17) is 0 Å². The highest BCUT2D eigenvalue weighted by Gasteiger charge is 2.36. The van der Waals surface area contributed by atoms with Gasteiger partial charge in [-0.3, -0.25) is 0 Å². The molecular formula is C25H31N5O. The van der Waals surface area contributed by atoms with Crippen LogP contribution in [0, 0.1) is 16.7 Å². The van der Waals surface area contributed by atoms with E-state index in [0.717, 1.165) is 38.6 Å². The van der Waals surface area contributed by atoms with Gasteiger partial charge < -0.3 is 15.7 Å². The molecule has 1 saturated carbocycles. The van der Waals surface area contributed by atoms with Crippen molar-refractivity contribution in [3.05, 3.63) is 52.7 Å². The number of nitrogens with zero attached hydrogens (tertiary/aromatic N) is 3. The monoisotopic (exact) mass is 417 g/mol. The number of rotatable bonds is 6. The maximum atomic E-state index is 10.2. The normalized spacial score (nSPS) is 22.0. The summed E-state index contributed by atoms with van der Waals surface area (Å²) >= 11 is 0. The average molecular weight is 418 g/mol. The quantitative estimate of drug-likeness (QED) is 0.639. The fourth-order valence-corrected chi connectivity index (χ4v) is 4.84. The molecule has 0 aliphatic heterocycles. The van der Waals surface area contributed by atoms with Crippen molar-refractivity contribution in [3.63, 3.8) is 0 Å². The van der Waals surface area contributed by atoms with Gasteiger partial charge in [0.1, 0.15) is 17.5 Å². The van der Waals surface area contributed by atoms with Gasteiger partial charge in [0.25, 0.3) is 0 Å². The van der Waals surface area contributed by atoms with Crippen LogP contribution < -0.4 is 10.6 Å². The molecule has 31 heavy (non-hydrogen) atoms. The van der Waals surface area contributed by atoms with Crippen molar-refractivity contribution in [2.45, 2.75) is 65.0 Å². The molecular weight excluding hydrogens is 386 g/mol. The molecule has 1 heterocycles. The molecule has 2 atom stereocenters. The zero-order valence-electron chi connectivity index (χ0n) is 18.6. The van der Waals surface area contributed by atoms with Crippen LogP contribution >= 0.6 is 0 Å². The van der Waals surface area contributed by atoms with Crippen molar-refractivity contribution in [1.82, 2.24) is 9.97 Å². The highest BCUT2D eigenvalue weighted by atomic mass is 16.3. The zero-order valence-corrected chi connectivity index (χ0v) is 18.6. The summed E-state index contributed by atoms with van der Waals surface area (Å²) in [5.74, 6) is 1.10. The van der Waals surface area contributed by atoms with Gasteiger partial charge in [0.05, 0.1) is 12.3 Å². The molecule has 0 spiro atoms. The number of aliphatic hydroxyl groups excluding tert-OH is 1. The van der Waals surface area contributed by atoms with Crippen molar-refractivity contribution in [1.29, 1.82) is 5.26 Å². The first-order valence-electron chi connectivity index (χ1n) is 11.1. The van der Waals surface area contributed by atoms with Gasteiger partial charge in [-0.05, 0) is 61.1 Å². The fourth-order valence-electron chi connectivity index (χ4n) is 4.84. The molecule has 1 fully saturated rings. The number of aromatic nitrogens is 2. The summed E-state index contributed by atoms with van der Waals surface area (Å²) in [6.07, 6.45) is 5.66. The van der Waals surface area contributed by atoms with E-state index in [1.54, 1.807) is 6.20 Å². The molecule has 0 amide bonds. The number of nitriles is 1. The maximum Gasteiger partial charge on any atom is 0.224 e. The summed E-state index contributed by atoms with van der Waals surface area (Å²) in [6.45, 7) is 7.11. The molecule has 0 bridgehead atoms. The van der Waals surface area contributed by atoms with E-state index in [-0.39, 0.29) is 17.6 Å². The Morgan fingerprint density at radius 3 is 2.84 bits per heavy atom. The Morgan fingerprint density at radius 2 is 2.06 bits per heavy atom. The van der Waals surface area contributed by atoms with Crippen molar-refractivity contribution < 1.29 is 5.11 Å². The summed E-state index contributed by atoms with van der Waals surface area (Å²) in [6, 6.07) is 11.0. The van der Waals surface area contributed by atoms with Gasteiger partial charge in [-0.1, -0.05) is 43.7 Å². The van der Waals surface area contributed by atoms with E-state index in [0.29, 0.717) is 17.3 Å². The van der Waals surface area contributed by atoms with Crippen LogP contribution in [0.15, 0.2) is 36.0 Å². The third-order valence-electron chi connectivity index (χ3n) is 6.68. The van der Waals surface area contributed by atoms with Gasteiger partial charge >= 0.3 is 0 Å². The van der Waals surface area contributed by atoms with Crippen LogP contribution in [0.3, 0.4) is 0 Å². The Morgan fingerprint density at radius 1 is 1.26 bits per heavy atom. The van der Waals surface area contributed by atoms with Crippen LogP contribution in [0.1, 0.15) is 63.1 Å². The zero-order chi connectivity index (χ0) is 22.0. The maximum absolute atomic E-state index is 10.2. The molecule has 2 aliphatic carbocycles. The topological polar surface area (TPSA) is 93.9 Å². The third kappa shape index (κ3) is 4.57. The van der Waals surface area contributed by atoms with E-state index in [1.807, 2.05) is 0 Å². The van der Waals surface area contributed by atoms with Gasteiger partial charge in [0.15, 0.2) is 0 Å². The van der Waals surface area contributed by atoms with Gasteiger partial charge in [0, 0.05) is 12.6 Å². The van der Waals surface area contributed by atoms with Crippen LogP contribution in [-0.4, -0.2) is 33.8 Å². The molecule has 2 aliphatic rings. The van der Waals surface area contributed by atoms with Gasteiger partial charge in [-0.15, -0.1) is 0 Å². The van der Waals surface area contributed by atoms with Crippen molar-refractivity contribution in [2.75, 3.05) is 17.2 Å². The highest BCUT2D eigenvalue weighted by Crippen LogP contribution is 2.37. The minimum Gasteiger partial charge on any atom is -0.393 e. The summed E-state index contributed by atoms with van der Waals surface area (Å²) in [5, 5.41) is 26.5. The summed E-state index contributed by atoms with van der Waals surface area (Å²) in [7, 11) is 0.